The fourth-order valence-electron chi connectivity index (χ4n) is 1.60. The van der Waals surface area contributed by atoms with Crippen molar-refractivity contribution in [3.8, 4) is 6.07 Å². The SMILES string of the molecule is N#Cc1cc(N)ccc1NC(=O)c1ccccc1Cl. The molecule has 0 heterocycles. The van der Waals surface area contributed by atoms with Gasteiger partial charge in [0.25, 0.3) is 5.91 Å². The van der Waals surface area contributed by atoms with E-state index in [4.69, 9.17) is 22.6 Å². The van der Waals surface area contributed by atoms with Gasteiger partial charge in [-0.1, -0.05) is 23.7 Å². The molecule has 0 saturated heterocycles. The van der Waals surface area contributed by atoms with Crippen LogP contribution in [0.15, 0.2) is 42.5 Å². The van der Waals surface area contributed by atoms with Gasteiger partial charge in [-0.3, -0.25) is 4.79 Å². The summed E-state index contributed by atoms with van der Waals surface area (Å²) in [5.74, 6) is -0.369. The lowest BCUT2D eigenvalue weighted by Crippen LogP contribution is -2.13. The first-order chi connectivity index (χ1) is 9.11. The monoisotopic (exact) mass is 271 g/mol. The average molecular weight is 272 g/mol. The number of nitrogen functional groups attached to an aromatic ring is 1. The zero-order chi connectivity index (χ0) is 13.8. The van der Waals surface area contributed by atoms with E-state index in [1.54, 1.807) is 36.4 Å². The molecule has 2 aromatic rings. The van der Waals surface area contributed by atoms with Gasteiger partial charge < -0.3 is 11.1 Å². The Morgan fingerprint density at radius 1 is 1.26 bits per heavy atom. The summed E-state index contributed by atoms with van der Waals surface area (Å²) in [5, 5.41) is 12.0. The molecular formula is C14H10ClN3O. The van der Waals surface area contributed by atoms with Crippen LogP contribution < -0.4 is 11.1 Å². The third-order valence-electron chi connectivity index (χ3n) is 2.53. The molecule has 0 unspecified atom stereocenters. The highest BCUT2D eigenvalue weighted by Crippen LogP contribution is 2.21. The predicted molar refractivity (Wildman–Crippen MR) is 75.0 cm³/mol. The quantitative estimate of drug-likeness (QED) is 0.824. The van der Waals surface area contributed by atoms with Crippen LogP contribution in [0.1, 0.15) is 15.9 Å². The Hall–Kier alpha value is -2.51. The summed E-state index contributed by atoms with van der Waals surface area (Å²) in [5.41, 5.74) is 7.11. The van der Waals surface area contributed by atoms with Crippen molar-refractivity contribution in [2.24, 2.45) is 0 Å². The molecule has 0 aliphatic carbocycles. The molecule has 0 saturated carbocycles. The molecule has 0 atom stereocenters. The van der Waals surface area contributed by atoms with Crippen molar-refractivity contribution in [1.29, 1.82) is 5.26 Å². The molecule has 3 N–H and O–H groups in total. The standard InChI is InChI=1S/C14H10ClN3O/c15-12-4-2-1-3-11(12)14(19)18-13-6-5-10(17)7-9(13)8-16/h1-7H,17H2,(H,18,19). The normalized spacial score (nSPS) is 9.68. The molecular weight excluding hydrogens is 262 g/mol. The van der Waals surface area contributed by atoms with Crippen LogP contribution in [0.5, 0.6) is 0 Å². The second-order valence-corrected chi connectivity index (χ2v) is 4.26. The summed E-state index contributed by atoms with van der Waals surface area (Å²) in [7, 11) is 0. The lowest BCUT2D eigenvalue weighted by atomic mass is 10.1. The smallest absolute Gasteiger partial charge is 0.257 e. The number of carbonyl (C=O) groups excluding carboxylic acids is 1. The maximum absolute atomic E-state index is 12.1. The van der Waals surface area contributed by atoms with Crippen LogP contribution in [0.4, 0.5) is 11.4 Å². The third kappa shape index (κ3) is 2.84. The molecule has 2 aromatic carbocycles. The van der Waals surface area contributed by atoms with Gasteiger partial charge in [0.15, 0.2) is 0 Å². The number of hydrogen-bond acceptors (Lipinski definition) is 3. The number of halogens is 1. The van der Waals surface area contributed by atoms with Gasteiger partial charge in [0.2, 0.25) is 0 Å². The number of carbonyl (C=O) groups is 1. The van der Waals surface area contributed by atoms with Gasteiger partial charge in [-0.2, -0.15) is 5.26 Å². The Morgan fingerprint density at radius 3 is 2.68 bits per heavy atom. The summed E-state index contributed by atoms with van der Waals surface area (Å²) in [4.78, 5) is 12.1. The number of benzene rings is 2. The van der Waals surface area contributed by atoms with Crippen molar-refractivity contribution in [1.82, 2.24) is 0 Å². The van der Waals surface area contributed by atoms with Gasteiger partial charge in [0, 0.05) is 5.69 Å². The van der Waals surface area contributed by atoms with Crippen LogP contribution >= 0.6 is 11.6 Å². The molecule has 19 heavy (non-hydrogen) atoms. The van der Waals surface area contributed by atoms with Gasteiger partial charge in [-0.05, 0) is 30.3 Å². The van der Waals surface area contributed by atoms with E-state index >= 15 is 0 Å². The van der Waals surface area contributed by atoms with E-state index in [0.717, 1.165) is 0 Å². The van der Waals surface area contributed by atoms with Crippen LogP contribution in [0.3, 0.4) is 0 Å². The molecule has 94 valence electrons. The second-order valence-electron chi connectivity index (χ2n) is 3.85. The third-order valence-corrected chi connectivity index (χ3v) is 2.86. The van der Waals surface area contributed by atoms with Crippen LogP contribution in [0.25, 0.3) is 0 Å². The molecule has 0 aliphatic rings. The number of anilines is 2. The fraction of sp³-hybridized carbons (Fsp3) is 0. The highest BCUT2D eigenvalue weighted by Gasteiger charge is 2.12. The number of rotatable bonds is 2. The first-order valence-electron chi connectivity index (χ1n) is 5.47. The number of nitrogens with zero attached hydrogens (tertiary/aromatic N) is 1. The molecule has 0 aliphatic heterocycles. The highest BCUT2D eigenvalue weighted by atomic mass is 35.5. The summed E-state index contributed by atoms with van der Waals surface area (Å²) >= 11 is 5.94. The molecule has 4 nitrogen and oxygen atoms in total. The van der Waals surface area contributed by atoms with E-state index in [9.17, 15) is 4.79 Å². The van der Waals surface area contributed by atoms with Crippen molar-refractivity contribution >= 4 is 28.9 Å². The van der Waals surface area contributed by atoms with E-state index in [2.05, 4.69) is 5.32 Å². The highest BCUT2D eigenvalue weighted by molar-refractivity contribution is 6.34. The van der Waals surface area contributed by atoms with Crippen LogP contribution in [0, 0.1) is 11.3 Å². The van der Waals surface area contributed by atoms with Gasteiger partial charge in [0.05, 0.1) is 21.8 Å². The van der Waals surface area contributed by atoms with E-state index in [-0.39, 0.29) is 5.91 Å². The van der Waals surface area contributed by atoms with Gasteiger partial charge in [-0.15, -0.1) is 0 Å². The number of nitrogens with two attached hydrogens (primary N) is 1. The van der Waals surface area contributed by atoms with Crippen molar-refractivity contribution in [2.75, 3.05) is 11.1 Å². The lowest BCUT2D eigenvalue weighted by molar-refractivity contribution is 0.102. The Balaban J connectivity index is 2.30. The van der Waals surface area contributed by atoms with Crippen molar-refractivity contribution in [3.05, 3.63) is 58.6 Å². The zero-order valence-electron chi connectivity index (χ0n) is 9.85. The van der Waals surface area contributed by atoms with E-state index in [0.29, 0.717) is 27.5 Å². The maximum atomic E-state index is 12.1. The summed E-state index contributed by atoms with van der Waals surface area (Å²) in [6.45, 7) is 0. The van der Waals surface area contributed by atoms with E-state index in [1.807, 2.05) is 6.07 Å². The van der Waals surface area contributed by atoms with E-state index < -0.39 is 0 Å². The Morgan fingerprint density at radius 2 is 2.00 bits per heavy atom. The molecule has 0 spiro atoms. The number of hydrogen-bond donors (Lipinski definition) is 2. The first kappa shape index (κ1) is 12.9. The Kier molecular flexibility index (Phi) is 3.69. The molecule has 2 rings (SSSR count). The first-order valence-corrected chi connectivity index (χ1v) is 5.85. The van der Waals surface area contributed by atoms with Crippen molar-refractivity contribution < 1.29 is 4.79 Å². The zero-order valence-corrected chi connectivity index (χ0v) is 10.6. The largest absolute Gasteiger partial charge is 0.399 e. The van der Waals surface area contributed by atoms with Gasteiger partial charge >= 0.3 is 0 Å². The minimum atomic E-state index is -0.369. The molecule has 0 bridgehead atoms. The molecule has 0 radical (unpaired) electrons. The molecule has 0 aromatic heterocycles. The van der Waals surface area contributed by atoms with Gasteiger partial charge in [0.1, 0.15) is 6.07 Å². The topological polar surface area (TPSA) is 78.9 Å². The van der Waals surface area contributed by atoms with Crippen LogP contribution in [0.2, 0.25) is 5.02 Å². The number of amides is 1. The lowest BCUT2D eigenvalue weighted by Gasteiger charge is -2.08. The van der Waals surface area contributed by atoms with Crippen LogP contribution in [-0.2, 0) is 0 Å². The van der Waals surface area contributed by atoms with Crippen molar-refractivity contribution in [3.63, 3.8) is 0 Å². The summed E-state index contributed by atoms with van der Waals surface area (Å²) in [6.07, 6.45) is 0. The van der Waals surface area contributed by atoms with Crippen molar-refractivity contribution in [2.45, 2.75) is 0 Å². The summed E-state index contributed by atoms with van der Waals surface area (Å²) in [6, 6.07) is 13.4. The Labute approximate surface area is 115 Å². The maximum Gasteiger partial charge on any atom is 0.257 e. The second kappa shape index (κ2) is 5.42. The van der Waals surface area contributed by atoms with Gasteiger partial charge in [-0.25, -0.2) is 0 Å². The van der Waals surface area contributed by atoms with E-state index in [1.165, 1.54) is 6.07 Å². The molecule has 5 heteroatoms. The molecule has 0 fully saturated rings. The number of nitriles is 1. The summed E-state index contributed by atoms with van der Waals surface area (Å²) < 4.78 is 0. The predicted octanol–water partition coefficient (Wildman–Crippen LogP) is 3.05. The average Bonchev–Trinajstić information content (AvgIpc) is 2.41. The fourth-order valence-corrected chi connectivity index (χ4v) is 1.82. The minimum absolute atomic E-state index is 0.306. The number of nitrogens with one attached hydrogen (secondary N) is 1. The van der Waals surface area contributed by atoms with Crippen LogP contribution in [-0.4, -0.2) is 5.91 Å². The minimum Gasteiger partial charge on any atom is -0.399 e. The Bertz CT molecular complexity index is 677. The molecule has 1 amide bonds.